The molecule has 1 aromatic heterocycles. The number of aromatic nitrogens is 1. The van der Waals surface area contributed by atoms with Gasteiger partial charge in [-0.15, -0.1) is 0 Å². The molecule has 0 spiro atoms. The van der Waals surface area contributed by atoms with Gasteiger partial charge in [-0.25, -0.2) is 21.9 Å². The number of rotatable bonds is 7. The van der Waals surface area contributed by atoms with Crippen LogP contribution in [0.15, 0.2) is 36.5 Å². The average molecular weight is 424 g/mol. The van der Waals surface area contributed by atoms with Gasteiger partial charge in [0, 0.05) is 24.1 Å². The third kappa shape index (κ3) is 4.91. The Morgan fingerprint density at radius 3 is 2.69 bits per heavy atom. The second-order valence-corrected chi connectivity index (χ2v) is 9.40. The third-order valence-electron chi connectivity index (χ3n) is 5.16. The zero-order valence-electron chi connectivity index (χ0n) is 15.7. The first-order chi connectivity index (χ1) is 13.9. The second kappa shape index (κ2) is 8.33. The van der Waals surface area contributed by atoms with E-state index < -0.39 is 21.7 Å². The van der Waals surface area contributed by atoms with Gasteiger partial charge in [0.05, 0.1) is 30.4 Å². The van der Waals surface area contributed by atoms with E-state index >= 15 is 0 Å². The van der Waals surface area contributed by atoms with Crippen molar-refractivity contribution in [1.82, 2.24) is 9.71 Å². The molecule has 0 unspecified atom stereocenters. The van der Waals surface area contributed by atoms with Crippen molar-refractivity contribution in [2.75, 3.05) is 19.8 Å². The maximum atomic E-state index is 14.5. The van der Waals surface area contributed by atoms with Gasteiger partial charge in [-0.05, 0) is 49.6 Å². The van der Waals surface area contributed by atoms with E-state index in [-0.39, 0.29) is 29.6 Å². The zero-order valence-corrected chi connectivity index (χ0v) is 16.5. The number of halogens is 2. The predicted molar refractivity (Wildman–Crippen MR) is 103 cm³/mol. The van der Waals surface area contributed by atoms with Crippen molar-refractivity contribution < 1.29 is 26.7 Å². The highest BCUT2D eigenvalue weighted by Crippen LogP contribution is 2.30. The van der Waals surface area contributed by atoms with Gasteiger partial charge in [-0.1, -0.05) is 0 Å². The number of nitrogens with zero attached hydrogens (tertiary/aromatic N) is 1. The van der Waals surface area contributed by atoms with Gasteiger partial charge in [-0.3, -0.25) is 4.98 Å². The molecule has 9 heteroatoms. The van der Waals surface area contributed by atoms with Crippen LogP contribution in [-0.2, 0) is 14.8 Å². The third-order valence-corrected chi connectivity index (χ3v) is 7.14. The molecule has 0 radical (unpaired) electrons. The van der Waals surface area contributed by atoms with Crippen molar-refractivity contribution in [3.8, 4) is 17.0 Å². The topological polar surface area (TPSA) is 77.5 Å². The molecule has 1 saturated heterocycles. The van der Waals surface area contributed by atoms with Gasteiger partial charge >= 0.3 is 0 Å². The molecule has 2 heterocycles. The Balaban J connectivity index is 1.41. The van der Waals surface area contributed by atoms with E-state index in [4.69, 9.17) is 9.47 Å². The number of hydrogen-bond acceptors (Lipinski definition) is 5. The Kier molecular flexibility index (Phi) is 5.80. The molecule has 1 aliphatic carbocycles. The molecule has 2 aliphatic rings. The summed E-state index contributed by atoms with van der Waals surface area (Å²) in [5, 5.41) is -0.294. The van der Waals surface area contributed by atoms with E-state index in [1.807, 2.05) is 0 Å². The van der Waals surface area contributed by atoms with Crippen LogP contribution in [0.2, 0.25) is 0 Å². The summed E-state index contributed by atoms with van der Waals surface area (Å²) in [5.41, 5.74) is 0.956. The van der Waals surface area contributed by atoms with Gasteiger partial charge < -0.3 is 9.47 Å². The van der Waals surface area contributed by atoms with E-state index in [0.29, 0.717) is 43.7 Å². The molecule has 6 nitrogen and oxygen atoms in total. The number of hydrogen-bond donors (Lipinski definition) is 1. The fourth-order valence-corrected chi connectivity index (χ4v) is 5.00. The van der Waals surface area contributed by atoms with Crippen molar-refractivity contribution in [3.63, 3.8) is 0 Å². The maximum Gasteiger partial charge on any atom is 0.214 e. The summed E-state index contributed by atoms with van der Waals surface area (Å²) >= 11 is 0. The van der Waals surface area contributed by atoms with Gasteiger partial charge in [0.25, 0.3) is 0 Å². The summed E-state index contributed by atoms with van der Waals surface area (Å²) in [7, 11) is -3.32. The van der Waals surface area contributed by atoms with E-state index in [9.17, 15) is 17.2 Å². The highest BCUT2D eigenvalue weighted by Gasteiger charge is 2.39. The van der Waals surface area contributed by atoms with E-state index in [1.165, 1.54) is 24.3 Å². The van der Waals surface area contributed by atoms with Crippen molar-refractivity contribution in [1.29, 1.82) is 0 Å². The molecule has 156 valence electrons. The Morgan fingerprint density at radius 2 is 2.00 bits per heavy atom. The van der Waals surface area contributed by atoms with Gasteiger partial charge in [0.1, 0.15) is 5.82 Å². The largest absolute Gasteiger partial charge is 0.490 e. The highest BCUT2D eigenvalue weighted by atomic mass is 32.2. The summed E-state index contributed by atoms with van der Waals surface area (Å²) in [6, 6.07) is 6.85. The summed E-state index contributed by atoms with van der Waals surface area (Å²) in [5.74, 6) is -1.18. The zero-order chi connectivity index (χ0) is 20.4. The summed E-state index contributed by atoms with van der Waals surface area (Å²) in [6.45, 7) is 0.946. The Labute approximate surface area is 168 Å². The Morgan fingerprint density at radius 1 is 1.17 bits per heavy atom. The van der Waals surface area contributed by atoms with Crippen LogP contribution in [0.5, 0.6) is 5.75 Å². The molecule has 2 aromatic rings. The predicted octanol–water partition coefficient (Wildman–Crippen LogP) is 2.89. The number of pyridine rings is 1. The van der Waals surface area contributed by atoms with Crippen molar-refractivity contribution >= 4 is 10.0 Å². The summed E-state index contributed by atoms with van der Waals surface area (Å²) in [4.78, 5) is 3.94. The molecule has 0 amide bonds. The number of sulfonamides is 1. The first-order valence-electron chi connectivity index (χ1n) is 9.55. The molecule has 1 aromatic carbocycles. The number of ether oxygens (including phenoxy) is 2. The molecule has 1 aliphatic heterocycles. The molecule has 4 rings (SSSR count). The molecule has 29 heavy (non-hydrogen) atoms. The second-order valence-electron chi connectivity index (χ2n) is 7.41. The van der Waals surface area contributed by atoms with Crippen LogP contribution in [0.4, 0.5) is 8.78 Å². The average Bonchev–Trinajstić information content (AvgIpc) is 3.54. The first-order valence-corrected chi connectivity index (χ1v) is 11.1. The summed E-state index contributed by atoms with van der Waals surface area (Å²) in [6.07, 6.45) is 3.02. The van der Waals surface area contributed by atoms with E-state index in [1.54, 1.807) is 6.07 Å². The fraction of sp³-hybridized carbons (Fsp3) is 0.450. The van der Waals surface area contributed by atoms with Gasteiger partial charge in [0.2, 0.25) is 10.0 Å². The molecule has 1 N–H and O–H groups in total. The molecule has 2 fully saturated rings. The lowest BCUT2D eigenvalue weighted by Gasteiger charge is -2.31. The Hall–Kier alpha value is -2.10. The smallest absolute Gasteiger partial charge is 0.214 e. The van der Waals surface area contributed by atoms with Crippen LogP contribution in [0.25, 0.3) is 11.3 Å². The maximum absolute atomic E-state index is 14.5. The lowest BCUT2D eigenvalue weighted by atomic mass is 9.98. The van der Waals surface area contributed by atoms with Gasteiger partial charge in [0.15, 0.2) is 11.6 Å². The van der Waals surface area contributed by atoms with E-state index in [0.717, 1.165) is 6.20 Å². The lowest BCUT2D eigenvalue weighted by molar-refractivity contribution is 0.0180. The van der Waals surface area contributed by atoms with Crippen LogP contribution in [0.3, 0.4) is 0 Å². The van der Waals surface area contributed by atoms with Crippen LogP contribution < -0.4 is 9.46 Å². The standard InChI is InChI=1S/C20H22F2N2O4S/c21-15-2-5-18(23-10-15)13-1-6-20(17(22)9-13)28-12-14-11-27-8-7-19(14)24-29(25,26)16-3-4-16/h1-2,5-6,9-10,14,16,19,24H,3-4,7-8,11-12H2/t14-,19+/m1/s1. The molecular formula is C20H22F2N2O4S. The molecule has 2 atom stereocenters. The Bertz CT molecular complexity index is 965. The van der Waals surface area contributed by atoms with Gasteiger partial charge in [-0.2, -0.15) is 0 Å². The molecular weight excluding hydrogens is 402 g/mol. The van der Waals surface area contributed by atoms with Crippen molar-refractivity contribution in [2.24, 2.45) is 5.92 Å². The minimum absolute atomic E-state index is 0.0604. The van der Waals surface area contributed by atoms with Crippen LogP contribution in [0, 0.1) is 17.6 Å². The molecule has 0 bridgehead atoms. The fourth-order valence-electron chi connectivity index (χ4n) is 3.32. The number of nitrogens with one attached hydrogen (secondary N) is 1. The highest BCUT2D eigenvalue weighted by molar-refractivity contribution is 7.90. The molecule has 1 saturated carbocycles. The van der Waals surface area contributed by atoms with E-state index in [2.05, 4.69) is 9.71 Å². The SMILES string of the molecule is O=S(=O)(N[C@H]1CCOC[C@@H]1COc1ccc(-c2ccc(F)cn2)cc1F)C1CC1. The van der Waals surface area contributed by atoms with Crippen LogP contribution in [-0.4, -0.2) is 44.5 Å². The minimum atomic E-state index is -3.32. The van der Waals surface area contributed by atoms with Crippen LogP contribution >= 0.6 is 0 Å². The first kappa shape index (κ1) is 20.2. The lowest BCUT2D eigenvalue weighted by Crippen LogP contribution is -2.48. The quantitative estimate of drug-likeness (QED) is 0.740. The van der Waals surface area contributed by atoms with Crippen molar-refractivity contribution in [3.05, 3.63) is 48.2 Å². The van der Waals surface area contributed by atoms with Crippen LogP contribution in [0.1, 0.15) is 19.3 Å². The summed E-state index contributed by atoms with van der Waals surface area (Å²) < 4.78 is 65.8. The normalized spacial score (nSPS) is 22.4. The minimum Gasteiger partial charge on any atom is -0.490 e. The number of benzene rings is 1. The van der Waals surface area contributed by atoms with Crippen molar-refractivity contribution in [2.45, 2.75) is 30.6 Å². The monoisotopic (exact) mass is 424 g/mol.